The Hall–Kier alpha value is -1.02. The highest BCUT2D eigenvalue weighted by Crippen LogP contribution is 2.39. The molecule has 2 heteroatoms. The Morgan fingerprint density at radius 1 is 1.16 bits per heavy atom. The van der Waals surface area contributed by atoms with E-state index < -0.39 is 8.32 Å². The van der Waals surface area contributed by atoms with Gasteiger partial charge in [0.2, 0.25) is 8.32 Å². The summed E-state index contributed by atoms with van der Waals surface area (Å²) in [6.07, 6.45) is 5.93. The maximum absolute atomic E-state index is 6.24. The van der Waals surface area contributed by atoms with Crippen molar-refractivity contribution in [3.8, 4) is 0 Å². The largest absolute Gasteiger partial charge is 0.548 e. The van der Waals surface area contributed by atoms with Crippen LogP contribution in [-0.4, -0.2) is 8.32 Å². The first kappa shape index (κ1) is 14.4. The lowest BCUT2D eigenvalue weighted by Crippen LogP contribution is -2.29. The SMILES string of the molecule is Cc1ccccc1C1(C)C=C(O[Si](C)(C)C)CCC1. The van der Waals surface area contributed by atoms with Crippen LogP contribution in [0.15, 0.2) is 36.1 Å². The Balaban J connectivity index is 2.33. The highest BCUT2D eigenvalue weighted by atomic mass is 28.4. The molecule has 2 rings (SSSR count). The van der Waals surface area contributed by atoms with Crippen LogP contribution in [0.4, 0.5) is 0 Å². The third-order valence-electron chi connectivity index (χ3n) is 3.80. The molecule has 1 aromatic rings. The van der Waals surface area contributed by atoms with Gasteiger partial charge in [-0.3, -0.25) is 0 Å². The molecule has 0 spiro atoms. The monoisotopic (exact) mass is 274 g/mol. The Labute approximate surface area is 118 Å². The molecule has 1 nitrogen and oxygen atoms in total. The first-order chi connectivity index (χ1) is 8.80. The molecule has 1 aliphatic rings. The molecule has 0 radical (unpaired) electrons. The summed E-state index contributed by atoms with van der Waals surface area (Å²) < 4.78 is 6.24. The van der Waals surface area contributed by atoms with E-state index in [0.29, 0.717) is 0 Å². The lowest BCUT2D eigenvalue weighted by Gasteiger charge is -2.35. The molecule has 0 heterocycles. The third kappa shape index (κ3) is 3.50. The van der Waals surface area contributed by atoms with Crippen LogP contribution in [0, 0.1) is 6.92 Å². The number of rotatable bonds is 3. The molecule has 0 saturated carbocycles. The molecule has 0 fully saturated rings. The fourth-order valence-electron chi connectivity index (χ4n) is 3.03. The fraction of sp³-hybridized carbons (Fsp3) is 0.529. The quantitative estimate of drug-likeness (QED) is 0.691. The summed E-state index contributed by atoms with van der Waals surface area (Å²) in [5.41, 5.74) is 2.97. The van der Waals surface area contributed by atoms with Crippen LogP contribution in [0.2, 0.25) is 19.6 Å². The van der Waals surface area contributed by atoms with Crippen molar-refractivity contribution < 1.29 is 4.43 Å². The van der Waals surface area contributed by atoms with Crippen LogP contribution < -0.4 is 0 Å². The van der Waals surface area contributed by atoms with Crippen LogP contribution in [0.1, 0.15) is 37.3 Å². The van der Waals surface area contributed by atoms with E-state index in [1.165, 1.54) is 29.7 Å². The molecular weight excluding hydrogens is 248 g/mol. The topological polar surface area (TPSA) is 9.23 Å². The summed E-state index contributed by atoms with van der Waals surface area (Å²) in [6, 6.07) is 8.74. The zero-order valence-electron chi connectivity index (χ0n) is 12.9. The lowest BCUT2D eigenvalue weighted by atomic mass is 9.73. The number of benzene rings is 1. The predicted molar refractivity (Wildman–Crippen MR) is 84.9 cm³/mol. The van der Waals surface area contributed by atoms with Gasteiger partial charge in [-0.2, -0.15) is 0 Å². The minimum Gasteiger partial charge on any atom is -0.548 e. The maximum atomic E-state index is 6.24. The number of hydrogen-bond donors (Lipinski definition) is 0. The molecule has 0 saturated heterocycles. The lowest BCUT2D eigenvalue weighted by molar-refractivity contribution is 0.347. The van der Waals surface area contributed by atoms with Crippen LogP contribution >= 0.6 is 0 Å². The van der Waals surface area contributed by atoms with Crippen molar-refractivity contribution in [3.05, 3.63) is 47.2 Å². The molecule has 0 N–H and O–H groups in total. The van der Waals surface area contributed by atoms with Crippen LogP contribution in [0.3, 0.4) is 0 Å². The summed E-state index contributed by atoms with van der Waals surface area (Å²) in [5.74, 6) is 1.22. The second-order valence-electron chi connectivity index (χ2n) is 6.91. The fourth-order valence-corrected chi connectivity index (χ4v) is 3.98. The minimum atomic E-state index is -1.49. The highest BCUT2D eigenvalue weighted by Gasteiger charge is 2.31. The van der Waals surface area contributed by atoms with Crippen LogP contribution in [0.5, 0.6) is 0 Å². The van der Waals surface area contributed by atoms with Gasteiger partial charge < -0.3 is 4.43 Å². The smallest absolute Gasteiger partial charge is 0.241 e. The summed E-state index contributed by atoms with van der Waals surface area (Å²) >= 11 is 0. The Bertz CT molecular complexity index is 484. The molecule has 1 aliphatic carbocycles. The molecule has 1 aromatic carbocycles. The Kier molecular flexibility index (Phi) is 3.91. The second-order valence-corrected chi connectivity index (χ2v) is 11.3. The molecule has 0 amide bonds. The normalized spacial score (nSPS) is 23.9. The van der Waals surface area contributed by atoms with E-state index in [2.05, 4.69) is 63.8 Å². The van der Waals surface area contributed by atoms with Crippen LogP contribution in [0.25, 0.3) is 0 Å². The second kappa shape index (κ2) is 5.16. The van der Waals surface area contributed by atoms with Gasteiger partial charge in [0.05, 0.1) is 5.76 Å². The highest BCUT2D eigenvalue weighted by molar-refractivity contribution is 6.70. The average Bonchev–Trinajstić information content (AvgIpc) is 2.27. The maximum Gasteiger partial charge on any atom is 0.241 e. The molecule has 1 unspecified atom stereocenters. The first-order valence-electron chi connectivity index (χ1n) is 7.27. The van der Waals surface area contributed by atoms with Crippen molar-refractivity contribution in [1.29, 1.82) is 0 Å². The van der Waals surface area contributed by atoms with Gasteiger partial charge in [0.15, 0.2) is 0 Å². The van der Waals surface area contributed by atoms with Crippen LogP contribution in [-0.2, 0) is 9.84 Å². The van der Waals surface area contributed by atoms with Gasteiger partial charge in [-0.15, -0.1) is 0 Å². The predicted octanol–water partition coefficient (Wildman–Crippen LogP) is 5.17. The van der Waals surface area contributed by atoms with Crippen molar-refractivity contribution in [2.45, 2.75) is 58.2 Å². The van der Waals surface area contributed by atoms with Crippen molar-refractivity contribution in [3.63, 3.8) is 0 Å². The first-order valence-corrected chi connectivity index (χ1v) is 10.7. The Morgan fingerprint density at radius 2 is 1.84 bits per heavy atom. The summed E-state index contributed by atoms with van der Waals surface area (Å²) in [4.78, 5) is 0. The van der Waals surface area contributed by atoms with Gasteiger partial charge in [0.1, 0.15) is 0 Å². The molecule has 0 bridgehead atoms. The zero-order valence-corrected chi connectivity index (χ0v) is 13.9. The molecule has 0 aliphatic heterocycles. The van der Waals surface area contributed by atoms with E-state index in [1.54, 1.807) is 0 Å². The van der Waals surface area contributed by atoms with Gasteiger partial charge in [-0.25, -0.2) is 0 Å². The van der Waals surface area contributed by atoms with E-state index in [0.717, 1.165) is 6.42 Å². The zero-order chi connectivity index (χ0) is 14.1. The van der Waals surface area contributed by atoms with Crippen molar-refractivity contribution in [2.75, 3.05) is 0 Å². The van der Waals surface area contributed by atoms with Crippen molar-refractivity contribution in [1.82, 2.24) is 0 Å². The summed E-state index contributed by atoms with van der Waals surface area (Å²) in [5, 5.41) is 0. The van der Waals surface area contributed by atoms with Gasteiger partial charge in [-0.05, 0) is 56.6 Å². The third-order valence-corrected chi connectivity index (χ3v) is 4.67. The summed E-state index contributed by atoms with van der Waals surface area (Å²) in [7, 11) is -1.49. The summed E-state index contributed by atoms with van der Waals surface area (Å²) in [6.45, 7) is 11.3. The van der Waals surface area contributed by atoms with Gasteiger partial charge in [0, 0.05) is 11.8 Å². The Morgan fingerprint density at radius 3 is 2.47 bits per heavy atom. The van der Waals surface area contributed by atoms with Crippen molar-refractivity contribution >= 4 is 8.32 Å². The van der Waals surface area contributed by atoms with E-state index in [4.69, 9.17) is 4.43 Å². The molecule has 1 atom stereocenters. The van der Waals surface area contributed by atoms with E-state index in [1.807, 2.05) is 0 Å². The molecule has 19 heavy (non-hydrogen) atoms. The number of allylic oxidation sites excluding steroid dienone is 2. The van der Waals surface area contributed by atoms with E-state index in [9.17, 15) is 0 Å². The standard InChI is InChI=1S/C17H26OSi/c1-14-9-6-7-11-16(14)17(2)12-8-10-15(13-17)18-19(3,4)5/h6-7,9,11,13H,8,10,12H2,1-5H3. The van der Waals surface area contributed by atoms with Gasteiger partial charge >= 0.3 is 0 Å². The molecule has 0 aromatic heterocycles. The molecule has 104 valence electrons. The number of aryl methyl sites for hydroxylation is 1. The minimum absolute atomic E-state index is 0.137. The van der Waals surface area contributed by atoms with Gasteiger partial charge in [0.25, 0.3) is 0 Å². The average molecular weight is 274 g/mol. The molecular formula is C17H26OSi. The van der Waals surface area contributed by atoms with Crippen molar-refractivity contribution in [2.24, 2.45) is 0 Å². The van der Waals surface area contributed by atoms with E-state index >= 15 is 0 Å². The van der Waals surface area contributed by atoms with Gasteiger partial charge in [-0.1, -0.05) is 31.2 Å². The van der Waals surface area contributed by atoms with E-state index in [-0.39, 0.29) is 5.41 Å². The number of hydrogen-bond acceptors (Lipinski definition) is 1.